The number of hydrogen-bond acceptors (Lipinski definition) is 2. The van der Waals surface area contributed by atoms with Gasteiger partial charge in [-0.05, 0) is 17.7 Å². The standard InChI is InChI=1S/C11H13BrFNOS/c12-11-7-10(13)2-1-9(11)8-14-3-5-16(15)6-4-14/h1-2,7H,3-6,8H2. The van der Waals surface area contributed by atoms with Gasteiger partial charge in [-0.15, -0.1) is 0 Å². The zero-order chi connectivity index (χ0) is 11.5. The highest BCUT2D eigenvalue weighted by Crippen LogP contribution is 2.20. The first-order valence-electron chi connectivity index (χ1n) is 5.16. The van der Waals surface area contributed by atoms with Crippen LogP contribution in [0.4, 0.5) is 4.39 Å². The van der Waals surface area contributed by atoms with Crippen molar-refractivity contribution in [1.29, 1.82) is 0 Å². The Labute approximate surface area is 105 Å². The quantitative estimate of drug-likeness (QED) is 0.834. The summed E-state index contributed by atoms with van der Waals surface area (Å²) in [6.07, 6.45) is 0. The molecule has 0 amide bonds. The Morgan fingerprint density at radius 3 is 2.69 bits per heavy atom. The largest absolute Gasteiger partial charge is 0.297 e. The smallest absolute Gasteiger partial charge is 0.124 e. The lowest BCUT2D eigenvalue weighted by Crippen LogP contribution is -2.37. The average molecular weight is 306 g/mol. The monoisotopic (exact) mass is 305 g/mol. The molecule has 1 heterocycles. The van der Waals surface area contributed by atoms with Crippen molar-refractivity contribution in [3.8, 4) is 0 Å². The maximum atomic E-state index is 12.9. The molecular weight excluding hydrogens is 293 g/mol. The van der Waals surface area contributed by atoms with E-state index >= 15 is 0 Å². The third kappa shape index (κ3) is 3.12. The van der Waals surface area contributed by atoms with Crippen LogP contribution in [0, 0.1) is 5.82 Å². The molecule has 16 heavy (non-hydrogen) atoms. The number of halogens is 2. The molecule has 0 spiro atoms. The van der Waals surface area contributed by atoms with Gasteiger partial charge < -0.3 is 0 Å². The normalized spacial score (nSPS) is 18.9. The molecule has 0 radical (unpaired) electrons. The molecule has 1 aromatic rings. The minimum absolute atomic E-state index is 0.227. The first-order chi connectivity index (χ1) is 7.65. The van der Waals surface area contributed by atoms with E-state index in [4.69, 9.17) is 0 Å². The van der Waals surface area contributed by atoms with Crippen LogP contribution in [-0.2, 0) is 17.3 Å². The maximum absolute atomic E-state index is 12.9. The van der Waals surface area contributed by atoms with E-state index in [0.717, 1.165) is 41.2 Å². The molecule has 0 N–H and O–H groups in total. The highest BCUT2D eigenvalue weighted by atomic mass is 79.9. The fourth-order valence-electron chi connectivity index (χ4n) is 1.72. The molecule has 2 rings (SSSR count). The van der Waals surface area contributed by atoms with Crippen molar-refractivity contribution >= 4 is 26.7 Å². The predicted octanol–water partition coefficient (Wildman–Crippen LogP) is 2.15. The van der Waals surface area contributed by atoms with E-state index in [0.29, 0.717) is 0 Å². The van der Waals surface area contributed by atoms with Crippen LogP contribution < -0.4 is 0 Å². The van der Waals surface area contributed by atoms with E-state index in [1.54, 1.807) is 6.07 Å². The highest BCUT2D eigenvalue weighted by molar-refractivity contribution is 9.10. The zero-order valence-electron chi connectivity index (χ0n) is 8.79. The molecule has 1 saturated heterocycles. The summed E-state index contributed by atoms with van der Waals surface area (Å²) in [7, 11) is -0.641. The Morgan fingerprint density at radius 1 is 1.38 bits per heavy atom. The Bertz CT molecular complexity index is 403. The van der Waals surface area contributed by atoms with E-state index in [1.807, 2.05) is 0 Å². The van der Waals surface area contributed by atoms with Gasteiger partial charge >= 0.3 is 0 Å². The van der Waals surface area contributed by atoms with Crippen LogP contribution in [0.2, 0.25) is 0 Å². The van der Waals surface area contributed by atoms with Crippen LogP contribution in [0.3, 0.4) is 0 Å². The zero-order valence-corrected chi connectivity index (χ0v) is 11.2. The topological polar surface area (TPSA) is 20.3 Å². The summed E-state index contributed by atoms with van der Waals surface area (Å²) in [4.78, 5) is 2.25. The van der Waals surface area contributed by atoms with Gasteiger partial charge in [0.15, 0.2) is 0 Å². The van der Waals surface area contributed by atoms with Gasteiger partial charge in [0.1, 0.15) is 5.82 Å². The van der Waals surface area contributed by atoms with Gasteiger partial charge in [-0.25, -0.2) is 4.39 Å². The highest BCUT2D eigenvalue weighted by Gasteiger charge is 2.16. The molecule has 0 bridgehead atoms. The summed E-state index contributed by atoms with van der Waals surface area (Å²) >= 11 is 3.36. The molecule has 0 saturated carbocycles. The lowest BCUT2D eigenvalue weighted by Gasteiger charge is -2.26. The molecule has 2 nitrogen and oxygen atoms in total. The maximum Gasteiger partial charge on any atom is 0.124 e. The van der Waals surface area contributed by atoms with E-state index in [9.17, 15) is 8.60 Å². The van der Waals surface area contributed by atoms with E-state index in [2.05, 4.69) is 20.8 Å². The van der Waals surface area contributed by atoms with Crippen LogP contribution in [-0.4, -0.2) is 33.7 Å². The molecule has 0 aromatic heterocycles. The van der Waals surface area contributed by atoms with Gasteiger partial charge in [0.05, 0.1) is 0 Å². The summed E-state index contributed by atoms with van der Waals surface area (Å²) in [6.45, 7) is 2.50. The second-order valence-electron chi connectivity index (χ2n) is 3.86. The van der Waals surface area contributed by atoms with E-state index in [-0.39, 0.29) is 5.82 Å². The summed E-state index contributed by atoms with van der Waals surface area (Å²) in [5.74, 6) is 1.27. The van der Waals surface area contributed by atoms with Gasteiger partial charge in [-0.1, -0.05) is 22.0 Å². The SMILES string of the molecule is O=S1CCN(Cc2ccc(F)cc2Br)CC1. The fraction of sp³-hybridized carbons (Fsp3) is 0.455. The number of hydrogen-bond donors (Lipinski definition) is 0. The Hall–Kier alpha value is -0.260. The van der Waals surface area contributed by atoms with Crippen molar-refractivity contribution < 1.29 is 8.60 Å². The number of rotatable bonds is 2. The lowest BCUT2D eigenvalue weighted by molar-refractivity contribution is 0.291. The predicted molar refractivity (Wildman–Crippen MR) is 67.3 cm³/mol. The third-order valence-electron chi connectivity index (χ3n) is 2.68. The molecule has 0 atom stereocenters. The van der Waals surface area contributed by atoms with Gasteiger partial charge in [-0.3, -0.25) is 9.11 Å². The molecule has 1 fully saturated rings. The molecule has 5 heteroatoms. The van der Waals surface area contributed by atoms with Gasteiger partial charge in [0, 0.05) is 46.4 Å². The Kier molecular flexibility index (Phi) is 4.10. The van der Waals surface area contributed by atoms with E-state index in [1.165, 1.54) is 12.1 Å². The number of benzene rings is 1. The minimum Gasteiger partial charge on any atom is -0.297 e. The van der Waals surface area contributed by atoms with Crippen molar-refractivity contribution in [2.24, 2.45) is 0 Å². The van der Waals surface area contributed by atoms with Gasteiger partial charge in [-0.2, -0.15) is 0 Å². The van der Waals surface area contributed by atoms with Crippen molar-refractivity contribution in [2.45, 2.75) is 6.54 Å². The van der Waals surface area contributed by atoms with Crippen molar-refractivity contribution in [3.05, 3.63) is 34.1 Å². The first-order valence-corrected chi connectivity index (χ1v) is 7.44. The molecule has 0 unspecified atom stereocenters. The second kappa shape index (κ2) is 5.38. The summed E-state index contributed by atoms with van der Waals surface area (Å²) in [6, 6.07) is 4.75. The van der Waals surface area contributed by atoms with Crippen LogP contribution in [0.1, 0.15) is 5.56 Å². The Morgan fingerprint density at radius 2 is 2.06 bits per heavy atom. The molecule has 88 valence electrons. The van der Waals surface area contributed by atoms with Crippen molar-refractivity contribution in [2.75, 3.05) is 24.6 Å². The average Bonchev–Trinajstić information content (AvgIpc) is 2.25. The molecular formula is C11H13BrFNOS. The minimum atomic E-state index is -0.641. The lowest BCUT2D eigenvalue weighted by atomic mass is 10.2. The summed E-state index contributed by atoms with van der Waals surface area (Å²) in [5.41, 5.74) is 1.08. The third-order valence-corrected chi connectivity index (χ3v) is 4.69. The fourth-order valence-corrected chi connectivity index (χ4v) is 3.33. The van der Waals surface area contributed by atoms with Crippen LogP contribution in [0.15, 0.2) is 22.7 Å². The molecule has 0 aliphatic carbocycles. The summed E-state index contributed by atoms with van der Waals surface area (Å²) < 4.78 is 24.9. The first kappa shape index (κ1) is 12.2. The van der Waals surface area contributed by atoms with Crippen molar-refractivity contribution in [1.82, 2.24) is 4.90 Å². The van der Waals surface area contributed by atoms with Crippen LogP contribution in [0.25, 0.3) is 0 Å². The second-order valence-corrected chi connectivity index (χ2v) is 6.41. The van der Waals surface area contributed by atoms with E-state index < -0.39 is 10.8 Å². The summed E-state index contributed by atoms with van der Waals surface area (Å²) in [5, 5.41) is 0. The molecule has 1 aliphatic heterocycles. The van der Waals surface area contributed by atoms with Gasteiger partial charge in [0.2, 0.25) is 0 Å². The van der Waals surface area contributed by atoms with Gasteiger partial charge in [0.25, 0.3) is 0 Å². The molecule has 1 aliphatic rings. The van der Waals surface area contributed by atoms with Crippen LogP contribution >= 0.6 is 15.9 Å². The van der Waals surface area contributed by atoms with Crippen LogP contribution in [0.5, 0.6) is 0 Å². The number of nitrogens with zero attached hydrogens (tertiary/aromatic N) is 1. The van der Waals surface area contributed by atoms with Crippen molar-refractivity contribution in [3.63, 3.8) is 0 Å². The molecule has 1 aromatic carbocycles. The Balaban J connectivity index is 2.01.